The number of carbonyl (C=O) groups is 1. The van der Waals surface area contributed by atoms with Crippen LogP contribution in [-0.4, -0.2) is 22.9 Å². The summed E-state index contributed by atoms with van der Waals surface area (Å²) in [4.78, 5) is 11.8. The Kier molecular flexibility index (Phi) is 3.78. The van der Waals surface area contributed by atoms with Gasteiger partial charge in [-0.25, -0.2) is 4.79 Å². The Morgan fingerprint density at radius 2 is 2.05 bits per heavy atom. The van der Waals surface area contributed by atoms with Crippen LogP contribution in [0.15, 0.2) is 24.3 Å². The minimum Gasteiger partial charge on any atom is -0.444 e. The Morgan fingerprint density at radius 3 is 2.55 bits per heavy atom. The molecule has 1 fully saturated rings. The summed E-state index contributed by atoms with van der Waals surface area (Å²) in [7, 11) is 0. The molecule has 4 nitrogen and oxygen atoms in total. The van der Waals surface area contributed by atoms with Crippen molar-refractivity contribution in [3.05, 3.63) is 29.8 Å². The number of ether oxygens (including phenoxy) is 1. The summed E-state index contributed by atoms with van der Waals surface area (Å²) in [5.41, 5.74) is 1.12. The maximum absolute atomic E-state index is 11.8. The summed E-state index contributed by atoms with van der Waals surface area (Å²) in [5.74, 6) is 0. The molecule has 1 aliphatic rings. The molecule has 1 aliphatic carbocycles. The summed E-state index contributed by atoms with van der Waals surface area (Å²) >= 11 is 0. The normalized spacial score (nSPS) is 18.2. The average Bonchev–Trinajstić information content (AvgIpc) is 3.07. The highest BCUT2D eigenvalue weighted by Crippen LogP contribution is 2.51. The fraction of sp³-hybridized carbons (Fsp3) is 0.562. The van der Waals surface area contributed by atoms with Crippen LogP contribution in [0.25, 0.3) is 0 Å². The maximum atomic E-state index is 11.8. The quantitative estimate of drug-likeness (QED) is 0.889. The van der Waals surface area contributed by atoms with Crippen molar-refractivity contribution in [1.82, 2.24) is 0 Å². The summed E-state index contributed by atoms with van der Waals surface area (Å²) < 4.78 is 5.23. The Bertz CT molecular complexity index is 499. The van der Waals surface area contributed by atoms with E-state index in [1.165, 1.54) is 0 Å². The molecule has 0 radical (unpaired) electrons. The highest BCUT2D eigenvalue weighted by molar-refractivity contribution is 5.85. The largest absolute Gasteiger partial charge is 0.444 e. The predicted molar refractivity (Wildman–Crippen MR) is 78.9 cm³/mol. The van der Waals surface area contributed by atoms with Crippen LogP contribution < -0.4 is 5.32 Å². The lowest BCUT2D eigenvalue weighted by Gasteiger charge is -2.21. The van der Waals surface area contributed by atoms with Crippen molar-refractivity contribution in [2.24, 2.45) is 0 Å². The van der Waals surface area contributed by atoms with Crippen molar-refractivity contribution in [3.8, 4) is 0 Å². The van der Waals surface area contributed by atoms with E-state index in [0.29, 0.717) is 5.69 Å². The van der Waals surface area contributed by atoms with E-state index in [-0.39, 0.29) is 11.5 Å². The van der Waals surface area contributed by atoms with Gasteiger partial charge in [0.05, 0.1) is 6.10 Å². The van der Waals surface area contributed by atoms with E-state index in [0.717, 1.165) is 18.4 Å². The molecule has 110 valence electrons. The van der Waals surface area contributed by atoms with Gasteiger partial charge in [-0.1, -0.05) is 12.1 Å². The first-order chi connectivity index (χ1) is 9.23. The van der Waals surface area contributed by atoms with Crippen molar-refractivity contribution in [2.45, 2.75) is 57.7 Å². The highest BCUT2D eigenvalue weighted by Gasteiger charge is 2.48. The van der Waals surface area contributed by atoms with Crippen LogP contribution in [0.3, 0.4) is 0 Å². The molecule has 2 N–H and O–H groups in total. The molecule has 20 heavy (non-hydrogen) atoms. The molecule has 0 bridgehead atoms. The maximum Gasteiger partial charge on any atom is 0.412 e. The van der Waals surface area contributed by atoms with Crippen LogP contribution in [-0.2, 0) is 10.2 Å². The molecule has 1 aromatic rings. The zero-order valence-corrected chi connectivity index (χ0v) is 12.6. The molecule has 0 spiro atoms. The van der Waals surface area contributed by atoms with Gasteiger partial charge >= 0.3 is 6.09 Å². The molecule has 2 rings (SSSR count). The second kappa shape index (κ2) is 5.09. The van der Waals surface area contributed by atoms with Gasteiger partial charge in [0.15, 0.2) is 0 Å². The van der Waals surface area contributed by atoms with E-state index in [9.17, 15) is 9.90 Å². The minimum atomic E-state index is -0.515. The fourth-order valence-corrected chi connectivity index (χ4v) is 2.41. The number of aliphatic hydroxyl groups is 1. The number of benzene rings is 1. The third kappa shape index (κ3) is 3.31. The molecule has 1 unspecified atom stereocenters. The first-order valence-corrected chi connectivity index (χ1v) is 7.02. The lowest BCUT2D eigenvalue weighted by atomic mass is 9.90. The standard InChI is InChI=1S/C16H23NO3/c1-11(18)16(8-9-16)12-6-5-7-13(10-12)17-14(19)20-15(2,3)4/h5-7,10-11,18H,8-9H2,1-4H3,(H,17,19). The lowest BCUT2D eigenvalue weighted by Crippen LogP contribution is -2.27. The van der Waals surface area contributed by atoms with Crippen molar-refractivity contribution >= 4 is 11.8 Å². The van der Waals surface area contributed by atoms with Gasteiger partial charge in [-0.3, -0.25) is 5.32 Å². The smallest absolute Gasteiger partial charge is 0.412 e. The molecule has 0 heterocycles. The topological polar surface area (TPSA) is 58.6 Å². The molecule has 1 amide bonds. The number of hydrogen-bond donors (Lipinski definition) is 2. The third-order valence-electron chi connectivity index (χ3n) is 3.67. The monoisotopic (exact) mass is 277 g/mol. The first kappa shape index (κ1) is 14.9. The third-order valence-corrected chi connectivity index (χ3v) is 3.67. The Labute approximate surface area is 120 Å². The molecule has 0 aromatic heterocycles. The molecule has 0 aliphatic heterocycles. The van der Waals surface area contributed by atoms with E-state index < -0.39 is 11.7 Å². The fourth-order valence-electron chi connectivity index (χ4n) is 2.41. The number of amides is 1. The molecular weight excluding hydrogens is 254 g/mol. The van der Waals surface area contributed by atoms with Gasteiger partial charge in [0.1, 0.15) is 5.60 Å². The van der Waals surface area contributed by atoms with Gasteiger partial charge in [0.25, 0.3) is 0 Å². The number of aliphatic hydroxyl groups excluding tert-OH is 1. The lowest BCUT2D eigenvalue weighted by molar-refractivity contribution is 0.0636. The molecule has 4 heteroatoms. The summed E-state index contributed by atoms with van der Waals surface area (Å²) in [5, 5.41) is 12.6. The highest BCUT2D eigenvalue weighted by atomic mass is 16.6. The number of rotatable bonds is 3. The summed E-state index contributed by atoms with van der Waals surface area (Å²) in [6.07, 6.45) is 1.14. The summed E-state index contributed by atoms with van der Waals surface area (Å²) in [6, 6.07) is 7.64. The number of hydrogen-bond acceptors (Lipinski definition) is 3. The van der Waals surface area contributed by atoms with Crippen LogP contribution in [0.1, 0.15) is 46.1 Å². The summed E-state index contributed by atoms with van der Waals surface area (Å²) in [6.45, 7) is 7.31. The average molecular weight is 277 g/mol. The Balaban J connectivity index is 2.09. The van der Waals surface area contributed by atoms with Crippen molar-refractivity contribution in [3.63, 3.8) is 0 Å². The van der Waals surface area contributed by atoms with Crippen LogP contribution in [0.2, 0.25) is 0 Å². The first-order valence-electron chi connectivity index (χ1n) is 7.02. The van der Waals surface area contributed by atoms with Gasteiger partial charge in [-0.15, -0.1) is 0 Å². The Morgan fingerprint density at radius 1 is 1.40 bits per heavy atom. The van der Waals surface area contributed by atoms with Crippen LogP contribution in [0, 0.1) is 0 Å². The van der Waals surface area contributed by atoms with Crippen LogP contribution >= 0.6 is 0 Å². The zero-order valence-electron chi connectivity index (χ0n) is 12.6. The molecule has 1 aromatic carbocycles. The molecular formula is C16H23NO3. The number of anilines is 1. The Hall–Kier alpha value is -1.55. The molecule has 0 saturated heterocycles. The number of nitrogens with one attached hydrogen (secondary N) is 1. The van der Waals surface area contributed by atoms with E-state index in [1.807, 2.05) is 52.0 Å². The van der Waals surface area contributed by atoms with Crippen LogP contribution in [0.5, 0.6) is 0 Å². The zero-order chi connectivity index (χ0) is 15.0. The van der Waals surface area contributed by atoms with Gasteiger partial charge in [-0.2, -0.15) is 0 Å². The van der Waals surface area contributed by atoms with Gasteiger partial charge in [0, 0.05) is 11.1 Å². The van der Waals surface area contributed by atoms with Crippen molar-refractivity contribution < 1.29 is 14.6 Å². The van der Waals surface area contributed by atoms with Gasteiger partial charge in [-0.05, 0) is 58.2 Å². The minimum absolute atomic E-state index is 0.133. The van der Waals surface area contributed by atoms with Gasteiger partial charge < -0.3 is 9.84 Å². The van der Waals surface area contributed by atoms with E-state index in [2.05, 4.69) is 5.32 Å². The molecule has 1 saturated carbocycles. The van der Waals surface area contributed by atoms with E-state index in [4.69, 9.17) is 4.74 Å². The van der Waals surface area contributed by atoms with E-state index in [1.54, 1.807) is 0 Å². The number of carbonyl (C=O) groups excluding carboxylic acids is 1. The van der Waals surface area contributed by atoms with Crippen molar-refractivity contribution in [1.29, 1.82) is 0 Å². The van der Waals surface area contributed by atoms with E-state index >= 15 is 0 Å². The molecule has 1 atom stereocenters. The second-order valence-corrected chi connectivity index (χ2v) is 6.54. The van der Waals surface area contributed by atoms with Gasteiger partial charge in [0.2, 0.25) is 0 Å². The van der Waals surface area contributed by atoms with Crippen molar-refractivity contribution in [2.75, 3.05) is 5.32 Å². The predicted octanol–water partition coefficient (Wildman–Crippen LogP) is 3.45. The van der Waals surface area contributed by atoms with Crippen LogP contribution in [0.4, 0.5) is 10.5 Å². The SMILES string of the molecule is CC(O)C1(c2cccc(NC(=O)OC(C)(C)C)c2)CC1. The second-order valence-electron chi connectivity index (χ2n) is 6.54.